The second kappa shape index (κ2) is 35.5. The summed E-state index contributed by atoms with van der Waals surface area (Å²) in [5.74, 6) is -0.837. The number of phosphoric ester groups is 1. The minimum absolute atomic E-state index is 0.0290. The molecule has 0 saturated carbocycles. The number of likely N-dealkylation sites (N-methyl/N-ethyl adjacent to an activating group) is 1. The van der Waals surface area contributed by atoms with Gasteiger partial charge in [-0.25, -0.2) is 0 Å². The Morgan fingerprint density at radius 2 is 0.981 bits per heavy atom. The highest BCUT2D eigenvalue weighted by molar-refractivity contribution is 7.45. The third-order valence-corrected chi connectivity index (χ3v) is 10.2. The van der Waals surface area contributed by atoms with Gasteiger partial charge in [0.1, 0.15) is 19.8 Å². The van der Waals surface area contributed by atoms with Crippen LogP contribution < -0.4 is 4.89 Å². The number of carbonyl (C=O) groups is 2. The van der Waals surface area contributed by atoms with Gasteiger partial charge < -0.3 is 27.9 Å². The SMILES string of the molecule is CCCCC/C=C\CCCCCCCC(=O)OC[C@H](COP(=O)([O-])OCC[N+](C)(C)C)OC(=O)CCCCCCCCCCCCCCCCCC. The summed E-state index contributed by atoms with van der Waals surface area (Å²) in [6, 6.07) is 0. The Kier molecular flexibility index (Phi) is 34.6. The molecule has 9 nitrogen and oxygen atoms in total. The second-order valence-corrected chi connectivity index (χ2v) is 17.1. The van der Waals surface area contributed by atoms with E-state index in [9.17, 15) is 19.0 Å². The van der Waals surface area contributed by atoms with Crippen LogP contribution in [-0.4, -0.2) is 70.0 Å². The largest absolute Gasteiger partial charge is 0.756 e. The van der Waals surface area contributed by atoms with Crippen LogP contribution in [0.25, 0.3) is 0 Å². The Morgan fingerprint density at radius 1 is 0.577 bits per heavy atom. The van der Waals surface area contributed by atoms with Gasteiger partial charge in [0.05, 0.1) is 27.7 Å². The van der Waals surface area contributed by atoms with Crippen molar-refractivity contribution in [1.82, 2.24) is 0 Å². The van der Waals surface area contributed by atoms with Gasteiger partial charge in [0.25, 0.3) is 7.82 Å². The predicted octanol–water partition coefficient (Wildman–Crippen LogP) is 11.2. The van der Waals surface area contributed by atoms with Crippen molar-refractivity contribution in [1.29, 1.82) is 0 Å². The lowest BCUT2D eigenvalue weighted by molar-refractivity contribution is -0.870. The molecule has 0 amide bonds. The van der Waals surface area contributed by atoms with Crippen molar-refractivity contribution < 1.29 is 42.1 Å². The molecule has 0 aromatic carbocycles. The topological polar surface area (TPSA) is 111 Å². The van der Waals surface area contributed by atoms with Crippen LogP contribution >= 0.6 is 7.82 Å². The molecule has 10 heteroatoms. The number of allylic oxidation sites excluding steroid dienone is 2. The Bertz CT molecular complexity index is 907. The molecule has 0 N–H and O–H groups in total. The fraction of sp³-hybridized carbons (Fsp3) is 0.905. The molecular weight excluding hydrogens is 677 g/mol. The first-order valence-corrected chi connectivity index (χ1v) is 22.9. The van der Waals surface area contributed by atoms with Crippen LogP contribution in [0.15, 0.2) is 12.2 Å². The fourth-order valence-electron chi connectivity index (χ4n) is 5.88. The zero-order chi connectivity index (χ0) is 38.6. The monoisotopic (exact) mass is 760 g/mol. The molecule has 2 atom stereocenters. The van der Waals surface area contributed by atoms with Crippen molar-refractivity contribution in [2.75, 3.05) is 47.5 Å². The van der Waals surface area contributed by atoms with Crippen LogP contribution in [0, 0.1) is 0 Å². The quantitative estimate of drug-likeness (QED) is 0.0200. The molecule has 0 spiro atoms. The van der Waals surface area contributed by atoms with E-state index in [1.54, 1.807) is 0 Å². The zero-order valence-electron chi connectivity index (χ0n) is 34.5. The number of hydrogen-bond acceptors (Lipinski definition) is 8. The van der Waals surface area contributed by atoms with Crippen LogP contribution in [0.4, 0.5) is 0 Å². The summed E-state index contributed by atoms with van der Waals surface area (Å²) in [4.78, 5) is 37.4. The van der Waals surface area contributed by atoms with Crippen LogP contribution in [0.3, 0.4) is 0 Å². The number of esters is 2. The van der Waals surface area contributed by atoms with Crippen LogP contribution in [-0.2, 0) is 32.7 Å². The third-order valence-electron chi connectivity index (χ3n) is 9.29. The summed E-state index contributed by atoms with van der Waals surface area (Å²) in [6.45, 7) is 4.21. The molecule has 0 aliphatic rings. The minimum Gasteiger partial charge on any atom is -0.756 e. The summed E-state index contributed by atoms with van der Waals surface area (Å²) in [6.07, 6.45) is 35.2. The highest BCUT2D eigenvalue weighted by atomic mass is 31.2. The number of carbonyl (C=O) groups excluding carboxylic acids is 2. The van der Waals surface area contributed by atoms with Crippen LogP contribution in [0.2, 0.25) is 0 Å². The summed E-state index contributed by atoms with van der Waals surface area (Å²) in [7, 11) is 1.17. The third kappa shape index (κ3) is 38.5. The Hall–Kier alpha value is -1.25. The lowest BCUT2D eigenvalue weighted by Crippen LogP contribution is -2.37. The molecule has 0 aromatic heterocycles. The van der Waals surface area contributed by atoms with Crippen molar-refractivity contribution in [2.24, 2.45) is 0 Å². The van der Waals surface area contributed by atoms with Gasteiger partial charge in [-0.1, -0.05) is 154 Å². The van der Waals surface area contributed by atoms with E-state index in [0.717, 1.165) is 51.4 Å². The molecule has 0 bridgehead atoms. The molecule has 0 aromatic rings. The standard InChI is InChI=1S/C42H82NO8P/c1-6-8-10-12-14-16-18-20-21-22-23-25-27-29-31-33-35-42(45)51-40(39-50-52(46,47)49-37-36-43(3,4)5)38-48-41(44)34-32-30-28-26-24-19-17-15-13-11-9-7-2/h15,17,40H,6-14,16,18-39H2,1-5H3/b17-15-/t40-/m1/s1. The van der Waals surface area contributed by atoms with Gasteiger partial charge in [-0.05, 0) is 38.5 Å². The van der Waals surface area contributed by atoms with Gasteiger partial charge in [0.2, 0.25) is 0 Å². The molecule has 308 valence electrons. The number of hydrogen-bond donors (Lipinski definition) is 0. The molecule has 0 rings (SSSR count). The molecular formula is C42H82NO8P. The van der Waals surface area contributed by atoms with Crippen LogP contribution in [0.1, 0.15) is 194 Å². The Labute approximate surface area is 320 Å². The van der Waals surface area contributed by atoms with Crippen molar-refractivity contribution in [2.45, 2.75) is 200 Å². The number of phosphoric acid groups is 1. The first-order chi connectivity index (χ1) is 25.0. The van der Waals surface area contributed by atoms with Gasteiger partial charge in [-0.15, -0.1) is 0 Å². The van der Waals surface area contributed by atoms with E-state index in [2.05, 4.69) is 26.0 Å². The maximum atomic E-state index is 12.6. The molecule has 0 aliphatic heterocycles. The first kappa shape index (κ1) is 50.8. The highest BCUT2D eigenvalue weighted by Gasteiger charge is 2.21. The number of quaternary nitrogens is 1. The van der Waals surface area contributed by atoms with E-state index in [4.69, 9.17) is 18.5 Å². The van der Waals surface area contributed by atoms with Crippen molar-refractivity contribution in [3.05, 3.63) is 12.2 Å². The molecule has 0 radical (unpaired) electrons. The van der Waals surface area contributed by atoms with E-state index >= 15 is 0 Å². The van der Waals surface area contributed by atoms with Gasteiger partial charge in [0, 0.05) is 12.8 Å². The number of rotatable bonds is 39. The summed E-state index contributed by atoms with van der Waals surface area (Å²) in [5, 5.41) is 0. The van der Waals surface area contributed by atoms with E-state index in [-0.39, 0.29) is 26.1 Å². The maximum absolute atomic E-state index is 12.6. The zero-order valence-corrected chi connectivity index (χ0v) is 35.4. The highest BCUT2D eigenvalue weighted by Crippen LogP contribution is 2.38. The van der Waals surface area contributed by atoms with Gasteiger partial charge in [-0.3, -0.25) is 14.2 Å². The van der Waals surface area contributed by atoms with Gasteiger partial charge in [-0.2, -0.15) is 0 Å². The molecule has 0 fully saturated rings. The van der Waals surface area contributed by atoms with E-state index in [1.807, 2.05) is 21.1 Å². The smallest absolute Gasteiger partial charge is 0.306 e. The predicted molar refractivity (Wildman–Crippen MR) is 213 cm³/mol. The van der Waals surface area contributed by atoms with E-state index < -0.39 is 32.5 Å². The molecule has 1 unspecified atom stereocenters. The van der Waals surface area contributed by atoms with E-state index in [0.29, 0.717) is 17.4 Å². The maximum Gasteiger partial charge on any atom is 0.306 e. The molecule has 0 heterocycles. The summed E-state index contributed by atoms with van der Waals surface area (Å²) < 4.78 is 33.8. The van der Waals surface area contributed by atoms with Gasteiger partial charge >= 0.3 is 11.9 Å². The molecule has 52 heavy (non-hydrogen) atoms. The first-order valence-electron chi connectivity index (χ1n) is 21.4. The number of ether oxygens (including phenoxy) is 2. The lowest BCUT2D eigenvalue weighted by Gasteiger charge is -2.28. The normalized spacial score (nSPS) is 13.7. The molecule has 0 aliphatic carbocycles. The Morgan fingerprint density at radius 3 is 1.46 bits per heavy atom. The Balaban J connectivity index is 4.35. The van der Waals surface area contributed by atoms with Crippen molar-refractivity contribution in [3.8, 4) is 0 Å². The summed E-state index contributed by atoms with van der Waals surface area (Å²) in [5.41, 5.74) is 0. The average Bonchev–Trinajstić information content (AvgIpc) is 3.09. The number of unbranched alkanes of at least 4 members (excludes halogenated alkanes) is 23. The van der Waals surface area contributed by atoms with Crippen LogP contribution in [0.5, 0.6) is 0 Å². The summed E-state index contributed by atoms with van der Waals surface area (Å²) >= 11 is 0. The lowest BCUT2D eigenvalue weighted by atomic mass is 10.0. The second-order valence-electron chi connectivity index (χ2n) is 15.7. The van der Waals surface area contributed by atoms with Gasteiger partial charge in [0.15, 0.2) is 6.10 Å². The van der Waals surface area contributed by atoms with Crippen molar-refractivity contribution >= 4 is 19.8 Å². The minimum atomic E-state index is -4.62. The van der Waals surface area contributed by atoms with E-state index in [1.165, 1.54) is 109 Å². The fourth-order valence-corrected chi connectivity index (χ4v) is 6.61. The number of nitrogens with zero attached hydrogens (tertiary/aromatic N) is 1. The van der Waals surface area contributed by atoms with Crippen molar-refractivity contribution in [3.63, 3.8) is 0 Å². The average molecular weight is 760 g/mol. The molecule has 0 saturated heterocycles.